The van der Waals surface area contributed by atoms with Crippen LogP contribution >= 0.6 is 11.6 Å². The lowest BCUT2D eigenvalue weighted by Gasteiger charge is -2.33. The number of hydrogen-bond donors (Lipinski definition) is 1. The van der Waals surface area contributed by atoms with Gasteiger partial charge in [-0.1, -0.05) is 54.1 Å². The van der Waals surface area contributed by atoms with Crippen molar-refractivity contribution in [2.45, 2.75) is 19.6 Å². The Labute approximate surface area is 180 Å². The lowest BCUT2D eigenvalue weighted by atomic mass is 10.2. The molecule has 1 N–H and O–H groups in total. The second-order valence-electron chi connectivity index (χ2n) is 7.71. The van der Waals surface area contributed by atoms with Crippen molar-refractivity contribution in [3.05, 3.63) is 70.9 Å². The first-order valence-corrected chi connectivity index (χ1v) is 10.6. The van der Waals surface area contributed by atoms with Crippen LogP contribution in [0.25, 0.3) is 16.6 Å². The normalized spacial score (nSPS) is 17.6. The van der Waals surface area contributed by atoms with Gasteiger partial charge in [-0.25, -0.2) is 9.50 Å². The fourth-order valence-corrected chi connectivity index (χ4v) is 4.18. The lowest BCUT2D eigenvalue weighted by Crippen LogP contribution is -2.44. The molecule has 154 valence electrons. The predicted molar refractivity (Wildman–Crippen MR) is 120 cm³/mol. The number of halogens is 1. The minimum Gasteiger partial charge on any atom is -0.374 e. The number of nitrogens with one attached hydrogen (secondary N) is 1. The van der Waals surface area contributed by atoms with E-state index in [0.29, 0.717) is 17.2 Å². The summed E-state index contributed by atoms with van der Waals surface area (Å²) in [4.78, 5) is 7.22. The van der Waals surface area contributed by atoms with Gasteiger partial charge in [0.25, 0.3) is 0 Å². The molecule has 6 nitrogen and oxygen atoms in total. The van der Waals surface area contributed by atoms with Crippen LogP contribution in [-0.2, 0) is 11.3 Å². The molecule has 0 aliphatic carbocycles. The Morgan fingerprint density at radius 1 is 1.13 bits per heavy atom. The van der Waals surface area contributed by atoms with Crippen molar-refractivity contribution in [3.8, 4) is 0 Å². The molecule has 7 heteroatoms. The predicted octanol–water partition coefficient (Wildman–Crippen LogP) is 4.16. The third kappa shape index (κ3) is 3.74. The van der Waals surface area contributed by atoms with Crippen LogP contribution in [0.15, 0.2) is 54.6 Å². The molecule has 0 bridgehead atoms. The minimum absolute atomic E-state index is 0.0985. The Balaban J connectivity index is 1.35. The average Bonchev–Trinajstić information content (AvgIpc) is 3.07. The molecule has 4 aromatic rings. The molecule has 1 aliphatic heterocycles. The van der Waals surface area contributed by atoms with Gasteiger partial charge in [0.05, 0.1) is 23.9 Å². The highest BCUT2D eigenvalue weighted by Gasteiger charge is 2.21. The summed E-state index contributed by atoms with van der Waals surface area (Å²) in [6, 6.07) is 18.7. The van der Waals surface area contributed by atoms with Gasteiger partial charge in [-0.2, -0.15) is 5.10 Å². The molecule has 0 radical (unpaired) electrons. The molecule has 1 saturated heterocycles. The summed E-state index contributed by atoms with van der Waals surface area (Å²) in [5, 5.41) is 9.66. The summed E-state index contributed by atoms with van der Waals surface area (Å²) in [7, 11) is 0. The number of para-hydroxylation sites is 1. The highest BCUT2D eigenvalue weighted by molar-refractivity contribution is 6.34. The molecule has 0 saturated carbocycles. The van der Waals surface area contributed by atoms with Gasteiger partial charge < -0.3 is 10.1 Å². The fourth-order valence-electron chi connectivity index (χ4n) is 4.02. The molecule has 1 fully saturated rings. The summed E-state index contributed by atoms with van der Waals surface area (Å²) < 4.78 is 7.84. The summed E-state index contributed by atoms with van der Waals surface area (Å²) in [6.45, 7) is 6.09. The maximum Gasteiger partial charge on any atom is 0.176 e. The highest BCUT2D eigenvalue weighted by atomic mass is 35.5. The molecular weight excluding hydrogens is 398 g/mol. The third-order valence-corrected chi connectivity index (χ3v) is 5.98. The lowest BCUT2D eigenvalue weighted by molar-refractivity contribution is -0.0240. The van der Waals surface area contributed by atoms with Crippen molar-refractivity contribution < 1.29 is 4.74 Å². The van der Waals surface area contributed by atoms with Crippen LogP contribution in [0.5, 0.6) is 0 Å². The van der Waals surface area contributed by atoms with E-state index in [-0.39, 0.29) is 6.10 Å². The Morgan fingerprint density at radius 3 is 2.80 bits per heavy atom. The number of nitrogens with zero attached hydrogens (tertiary/aromatic N) is 4. The van der Waals surface area contributed by atoms with Crippen LogP contribution in [-0.4, -0.2) is 51.8 Å². The zero-order valence-corrected chi connectivity index (χ0v) is 17.6. The Kier molecular flexibility index (Phi) is 5.29. The van der Waals surface area contributed by atoms with Crippen molar-refractivity contribution in [1.82, 2.24) is 19.5 Å². The van der Waals surface area contributed by atoms with Crippen LogP contribution in [0.1, 0.15) is 11.3 Å². The quantitative estimate of drug-likeness (QED) is 0.524. The van der Waals surface area contributed by atoms with Crippen molar-refractivity contribution in [2.75, 3.05) is 31.6 Å². The highest BCUT2D eigenvalue weighted by Crippen LogP contribution is 2.28. The van der Waals surface area contributed by atoms with Gasteiger partial charge in [0.15, 0.2) is 5.65 Å². The number of hydrogen-bond acceptors (Lipinski definition) is 5. The average molecular weight is 422 g/mol. The first-order chi connectivity index (χ1) is 14.7. The van der Waals surface area contributed by atoms with Crippen molar-refractivity contribution in [1.29, 1.82) is 0 Å². The van der Waals surface area contributed by atoms with Gasteiger partial charge in [0.2, 0.25) is 0 Å². The van der Waals surface area contributed by atoms with E-state index in [2.05, 4.69) is 51.7 Å². The fraction of sp³-hybridized carbons (Fsp3) is 0.304. The number of aromatic nitrogens is 3. The maximum absolute atomic E-state index is 6.45. The van der Waals surface area contributed by atoms with E-state index < -0.39 is 0 Å². The number of fused-ring (bicyclic) bond motifs is 3. The summed E-state index contributed by atoms with van der Waals surface area (Å²) in [5.74, 6) is 0.809. The van der Waals surface area contributed by atoms with Crippen LogP contribution in [0.3, 0.4) is 0 Å². The molecule has 1 unspecified atom stereocenters. The second kappa shape index (κ2) is 8.22. The van der Waals surface area contributed by atoms with Gasteiger partial charge in [-0.05, 0) is 24.6 Å². The molecule has 0 amide bonds. The van der Waals surface area contributed by atoms with Gasteiger partial charge in [-0.3, -0.25) is 4.90 Å². The van der Waals surface area contributed by atoms with Crippen LogP contribution in [0.2, 0.25) is 5.02 Å². The number of morpholine rings is 1. The minimum atomic E-state index is 0.0985. The van der Waals surface area contributed by atoms with E-state index in [4.69, 9.17) is 21.3 Å². The van der Waals surface area contributed by atoms with E-state index in [1.54, 1.807) is 0 Å². The molecule has 3 heterocycles. The largest absolute Gasteiger partial charge is 0.374 e. The molecule has 0 spiro atoms. The number of rotatable bonds is 5. The Bertz CT molecular complexity index is 1180. The Hall–Kier alpha value is -2.67. The number of benzene rings is 2. The van der Waals surface area contributed by atoms with Crippen molar-refractivity contribution in [3.63, 3.8) is 0 Å². The van der Waals surface area contributed by atoms with E-state index in [1.807, 2.05) is 29.6 Å². The molecule has 2 aromatic carbocycles. The zero-order chi connectivity index (χ0) is 20.5. The summed E-state index contributed by atoms with van der Waals surface area (Å²) >= 11 is 6.45. The summed E-state index contributed by atoms with van der Waals surface area (Å²) in [5.41, 5.74) is 3.76. The smallest absolute Gasteiger partial charge is 0.176 e. The molecular formula is C23H24ClN5O. The van der Waals surface area contributed by atoms with E-state index in [9.17, 15) is 0 Å². The Morgan fingerprint density at radius 2 is 1.93 bits per heavy atom. The molecule has 5 rings (SSSR count). The summed E-state index contributed by atoms with van der Waals surface area (Å²) in [6.07, 6.45) is 0.0985. The monoisotopic (exact) mass is 421 g/mol. The van der Waals surface area contributed by atoms with Crippen molar-refractivity contribution in [2.24, 2.45) is 0 Å². The standard InChI is InChI=1S/C23H24ClN5O/c1-16-21(24)23-26-22(19-9-5-6-10-20(19)29(23)27-16)25-13-18-15-28(11-12-30-18)14-17-7-3-2-4-8-17/h2-10,18H,11-15H2,1H3,(H,25,26). The van der Waals surface area contributed by atoms with Gasteiger partial charge in [0, 0.05) is 31.6 Å². The topological polar surface area (TPSA) is 54.7 Å². The van der Waals surface area contributed by atoms with Crippen molar-refractivity contribution >= 4 is 34.0 Å². The molecule has 1 atom stereocenters. The zero-order valence-electron chi connectivity index (χ0n) is 16.9. The van der Waals surface area contributed by atoms with Gasteiger partial charge in [-0.15, -0.1) is 0 Å². The van der Waals surface area contributed by atoms with Crippen LogP contribution in [0, 0.1) is 6.92 Å². The van der Waals surface area contributed by atoms with Crippen LogP contribution in [0.4, 0.5) is 5.82 Å². The number of ether oxygens (including phenoxy) is 1. The first kappa shape index (κ1) is 19.3. The van der Waals surface area contributed by atoms with E-state index >= 15 is 0 Å². The SMILES string of the molecule is Cc1nn2c(nc(NCC3CN(Cc4ccccc4)CCO3)c3ccccc32)c1Cl. The molecule has 30 heavy (non-hydrogen) atoms. The first-order valence-electron chi connectivity index (χ1n) is 10.2. The van der Waals surface area contributed by atoms with Crippen LogP contribution < -0.4 is 5.32 Å². The van der Waals surface area contributed by atoms with Gasteiger partial charge in [0.1, 0.15) is 10.8 Å². The second-order valence-corrected chi connectivity index (χ2v) is 8.08. The van der Waals surface area contributed by atoms with E-state index in [0.717, 1.165) is 48.7 Å². The van der Waals surface area contributed by atoms with E-state index in [1.165, 1.54) is 5.56 Å². The molecule has 1 aliphatic rings. The number of anilines is 1. The van der Waals surface area contributed by atoms with Gasteiger partial charge >= 0.3 is 0 Å². The maximum atomic E-state index is 6.45. The third-order valence-electron chi connectivity index (χ3n) is 5.54. The number of aryl methyl sites for hydroxylation is 1. The molecule has 2 aromatic heterocycles.